The lowest BCUT2D eigenvalue weighted by molar-refractivity contribution is 0.155. The summed E-state index contributed by atoms with van der Waals surface area (Å²) in [7, 11) is 0. The van der Waals surface area contributed by atoms with Gasteiger partial charge in [-0.2, -0.15) is 0 Å². The van der Waals surface area contributed by atoms with Gasteiger partial charge in [0.25, 0.3) is 0 Å². The topological polar surface area (TPSA) is 9.23 Å². The van der Waals surface area contributed by atoms with Gasteiger partial charge in [0, 0.05) is 17.9 Å². The Morgan fingerprint density at radius 3 is 2.57 bits per heavy atom. The van der Waals surface area contributed by atoms with Gasteiger partial charge in [-0.05, 0) is 12.8 Å². The molecule has 14 heavy (non-hydrogen) atoms. The Labute approximate surface area is 93.2 Å². The van der Waals surface area contributed by atoms with Crippen LogP contribution in [0.4, 0.5) is 0 Å². The monoisotopic (exact) mass is 218 g/mol. The molecule has 0 bridgehead atoms. The zero-order chi connectivity index (χ0) is 10.3. The maximum Gasteiger partial charge on any atom is 0.0534 e. The highest BCUT2D eigenvalue weighted by molar-refractivity contribution is 6.18. The molecule has 1 aliphatic rings. The molecular weight excluding hydrogens is 196 g/mol. The quantitative estimate of drug-likeness (QED) is 0.464. The van der Waals surface area contributed by atoms with Crippen molar-refractivity contribution in [2.75, 3.05) is 19.1 Å². The second-order valence-electron chi connectivity index (χ2n) is 4.60. The van der Waals surface area contributed by atoms with Gasteiger partial charge >= 0.3 is 0 Å². The number of ether oxygens (including phenoxy) is 1. The molecule has 1 nitrogen and oxygen atoms in total. The van der Waals surface area contributed by atoms with Crippen molar-refractivity contribution in [1.29, 1.82) is 0 Å². The van der Waals surface area contributed by atoms with Gasteiger partial charge in [-0.1, -0.05) is 39.0 Å². The molecule has 0 aromatic carbocycles. The Balaban J connectivity index is 2.08. The van der Waals surface area contributed by atoms with Crippen molar-refractivity contribution >= 4 is 11.6 Å². The van der Waals surface area contributed by atoms with E-state index in [1.807, 2.05) is 0 Å². The normalized spacial score (nSPS) is 27.0. The summed E-state index contributed by atoms with van der Waals surface area (Å²) in [5.74, 6) is 0.779. The zero-order valence-electron chi connectivity index (χ0n) is 9.36. The van der Waals surface area contributed by atoms with Gasteiger partial charge in [-0.25, -0.2) is 0 Å². The fraction of sp³-hybridized carbons (Fsp3) is 1.00. The van der Waals surface area contributed by atoms with Gasteiger partial charge in [-0.15, -0.1) is 11.6 Å². The van der Waals surface area contributed by atoms with E-state index in [1.165, 1.54) is 44.9 Å². The molecule has 0 amide bonds. The Bertz CT molecular complexity index is 141. The molecule has 84 valence electrons. The molecule has 1 atom stereocenters. The summed E-state index contributed by atoms with van der Waals surface area (Å²) in [6.45, 7) is 4.07. The van der Waals surface area contributed by atoms with E-state index in [1.54, 1.807) is 0 Å². The van der Waals surface area contributed by atoms with Crippen LogP contribution in [-0.4, -0.2) is 19.1 Å². The minimum Gasteiger partial charge on any atom is -0.381 e. The first-order valence-electron chi connectivity index (χ1n) is 5.97. The van der Waals surface area contributed by atoms with E-state index in [0.717, 1.165) is 19.1 Å². The molecule has 0 aromatic rings. The number of unbranched alkanes of at least 4 members (excludes halogenated alkanes) is 4. The summed E-state index contributed by atoms with van der Waals surface area (Å²) in [5.41, 5.74) is 0.327. The maximum atomic E-state index is 6.02. The first kappa shape index (κ1) is 12.3. The Morgan fingerprint density at radius 2 is 2.00 bits per heavy atom. The van der Waals surface area contributed by atoms with Gasteiger partial charge in [0.05, 0.1) is 6.61 Å². The lowest BCUT2D eigenvalue weighted by atomic mass is 9.84. The number of halogens is 1. The van der Waals surface area contributed by atoms with Crippen LogP contribution < -0.4 is 0 Å². The van der Waals surface area contributed by atoms with Crippen LogP contribution in [0.15, 0.2) is 0 Å². The fourth-order valence-corrected chi connectivity index (χ4v) is 2.47. The van der Waals surface area contributed by atoms with Crippen molar-refractivity contribution in [3.63, 3.8) is 0 Å². The lowest BCUT2D eigenvalue weighted by Gasteiger charge is -2.24. The van der Waals surface area contributed by atoms with E-state index in [4.69, 9.17) is 16.3 Å². The van der Waals surface area contributed by atoms with Crippen molar-refractivity contribution in [3.05, 3.63) is 0 Å². The largest absolute Gasteiger partial charge is 0.381 e. The minimum absolute atomic E-state index is 0.327. The number of alkyl halides is 1. The summed E-state index contributed by atoms with van der Waals surface area (Å²) >= 11 is 6.02. The van der Waals surface area contributed by atoms with E-state index in [-0.39, 0.29) is 0 Å². The molecule has 1 rings (SSSR count). The van der Waals surface area contributed by atoms with Crippen molar-refractivity contribution in [2.45, 2.75) is 51.9 Å². The Kier molecular flexibility index (Phi) is 5.88. The summed E-state index contributed by atoms with van der Waals surface area (Å²) in [6, 6.07) is 0. The minimum atomic E-state index is 0.327. The molecule has 1 saturated heterocycles. The second-order valence-corrected chi connectivity index (χ2v) is 4.87. The van der Waals surface area contributed by atoms with Crippen LogP contribution >= 0.6 is 11.6 Å². The molecule has 0 radical (unpaired) electrons. The van der Waals surface area contributed by atoms with E-state index < -0.39 is 0 Å². The molecular formula is C12H23ClO. The molecule has 0 N–H and O–H groups in total. The summed E-state index contributed by atoms with van der Waals surface area (Å²) in [4.78, 5) is 0. The van der Waals surface area contributed by atoms with Crippen LogP contribution in [0, 0.1) is 5.41 Å². The van der Waals surface area contributed by atoms with Gasteiger partial charge in [0.15, 0.2) is 0 Å². The molecule has 0 spiro atoms. The fourth-order valence-electron chi connectivity index (χ4n) is 2.12. The predicted molar refractivity (Wildman–Crippen MR) is 62.0 cm³/mol. The van der Waals surface area contributed by atoms with Crippen LogP contribution in [0.5, 0.6) is 0 Å². The maximum absolute atomic E-state index is 6.02. The van der Waals surface area contributed by atoms with Crippen LogP contribution in [0.2, 0.25) is 0 Å². The number of hydrogen-bond acceptors (Lipinski definition) is 1. The van der Waals surface area contributed by atoms with Crippen LogP contribution in [0.1, 0.15) is 51.9 Å². The predicted octanol–water partition coefficient (Wildman–Crippen LogP) is 3.99. The molecule has 1 aliphatic heterocycles. The highest BCUT2D eigenvalue weighted by Gasteiger charge is 2.33. The van der Waals surface area contributed by atoms with E-state index in [0.29, 0.717) is 5.41 Å². The smallest absolute Gasteiger partial charge is 0.0534 e. The standard InChI is InChI=1S/C12H23ClO/c1-2-3-4-5-6-7-12(10-13)8-9-14-11-12/h2-11H2,1H3. The second kappa shape index (κ2) is 6.68. The van der Waals surface area contributed by atoms with E-state index >= 15 is 0 Å². The van der Waals surface area contributed by atoms with Crippen molar-refractivity contribution < 1.29 is 4.74 Å². The molecule has 0 saturated carbocycles. The third kappa shape index (κ3) is 3.78. The molecule has 1 unspecified atom stereocenters. The average Bonchev–Trinajstić information content (AvgIpc) is 2.67. The molecule has 1 fully saturated rings. The third-order valence-electron chi connectivity index (χ3n) is 3.28. The lowest BCUT2D eigenvalue weighted by Crippen LogP contribution is -2.22. The van der Waals surface area contributed by atoms with Gasteiger partial charge in [0.1, 0.15) is 0 Å². The van der Waals surface area contributed by atoms with Gasteiger partial charge in [-0.3, -0.25) is 0 Å². The van der Waals surface area contributed by atoms with E-state index in [9.17, 15) is 0 Å². The van der Waals surface area contributed by atoms with Gasteiger partial charge in [0.2, 0.25) is 0 Å². The van der Waals surface area contributed by atoms with Crippen LogP contribution in [0.25, 0.3) is 0 Å². The van der Waals surface area contributed by atoms with E-state index in [2.05, 4.69) is 6.92 Å². The first-order chi connectivity index (χ1) is 6.83. The number of hydrogen-bond donors (Lipinski definition) is 0. The summed E-state index contributed by atoms with van der Waals surface area (Å²) < 4.78 is 5.45. The molecule has 0 aliphatic carbocycles. The van der Waals surface area contributed by atoms with Crippen LogP contribution in [0.3, 0.4) is 0 Å². The Hall–Kier alpha value is 0.250. The number of rotatable bonds is 7. The van der Waals surface area contributed by atoms with Crippen LogP contribution in [-0.2, 0) is 4.74 Å². The SMILES string of the molecule is CCCCCCCC1(CCl)CCOC1. The van der Waals surface area contributed by atoms with Gasteiger partial charge < -0.3 is 4.74 Å². The summed E-state index contributed by atoms with van der Waals surface area (Å²) in [5, 5.41) is 0. The van der Waals surface area contributed by atoms with Crippen molar-refractivity contribution in [3.8, 4) is 0 Å². The third-order valence-corrected chi connectivity index (χ3v) is 3.85. The zero-order valence-corrected chi connectivity index (χ0v) is 10.1. The highest BCUT2D eigenvalue weighted by atomic mass is 35.5. The first-order valence-corrected chi connectivity index (χ1v) is 6.50. The molecule has 2 heteroatoms. The van der Waals surface area contributed by atoms with Crippen molar-refractivity contribution in [2.24, 2.45) is 5.41 Å². The molecule has 0 aromatic heterocycles. The van der Waals surface area contributed by atoms with Crippen molar-refractivity contribution in [1.82, 2.24) is 0 Å². The molecule has 1 heterocycles. The summed E-state index contributed by atoms with van der Waals surface area (Å²) in [6.07, 6.45) is 9.22. The average molecular weight is 219 g/mol. The Morgan fingerprint density at radius 1 is 1.21 bits per heavy atom. The highest BCUT2D eigenvalue weighted by Crippen LogP contribution is 2.35.